The van der Waals surface area contributed by atoms with Crippen molar-refractivity contribution in [2.24, 2.45) is 7.05 Å². The summed E-state index contributed by atoms with van der Waals surface area (Å²) < 4.78 is 13.2. The molecule has 0 atom stereocenters. The van der Waals surface area contributed by atoms with Crippen LogP contribution in [0.25, 0.3) is 0 Å². The number of rotatable bonds is 0. The molecule has 8 heavy (non-hydrogen) atoms. The highest BCUT2D eigenvalue weighted by Gasteiger charge is 1.97. The lowest BCUT2D eigenvalue weighted by atomic mass is 10.7. The quantitative estimate of drug-likeness (QED) is 0.522. The van der Waals surface area contributed by atoms with E-state index in [0.717, 1.165) is 10.7 Å². The zero-order valence-corrected chi connectivity index (χ0v) is 4.98. The number of halogens is 2. The molecule has 0 aliphatic rings. The summed E-state index contributed by atoms with van der Waals surface area (Å²) in [6.07, 6.45) is 0. The van der Waals surface area contributed by atoms with Gasteiger partial charge in [-0.1, -0.05) is 11.6 Å². The summed E-state index contributed by atoms with van der Waals surface area (Å²) in [6, 6.07) is 1.15. The standard InChI is InChI=1S/C4H4ClFN2/c1-8-4(6)2-3(5)7-8/h2H,1H3. The summed E-state index contributed by atoms with van der Waals surface area (Å²) in [5, 5.41) is 3.70. The summed E-state index contributed by atoms with van der Waals surface area (Å²) in [4.78, 5) is 0. The lowest BCUT2D eigenvalue weighted by molar-refractivity contribution is 0.504. The van der Waals surface area contributed by atoms with E-state index in [2.05, 4.69) is 5.10 Å². The third kappa shape index (κ3) is 0.816. The molecule has 0 saturated carbocycles. The second-order valence-electron chi connectivity index (χ2n) is 1.41. The van der Waals surface area contributed by atoms with E-state index in [9.17, 15) is 4.39 Å². The van der Waals surface area contributed by atoms with E-state index in [1.165, 1.54) is 7.05 Å². The molecule has 0 spiro atoms. The molecule has 1 aromatic rings. The Morgan fingerprint density at radius 2 is 2.50 bits per heavy atom. The molecule has 0 radical (unpaired) electrons. The average molecular weight is 135 g/mol. The van der Waals surface area contributed by atoms with Crippen LogP contribution in [0.1, 0.15) is 0 Å². The Morgan fingerprint density at radius 3 is 2.62 bits per heavy atom. The maximum absolute atomic E-state index is 12.2. The largest absolute Gasteiger partial charge is 0.241 e. The molecule has 1 aromatic heterocycles. The highest BCUT2D eigenvalue weighted by Crippen LogP contribution is 2.05. The van der Waals surface area contributed by atoms with E-state index < -0.39 is 5.95 Å². The fourth-order valence-corrected chi connectivity index (χ4v) is 0.615. The second-order valence-corrected chi connectivity index (χ2v) is 1.80. The highest BCUT2D eigenvalue weighted by atomic mass is 35.5. The number of hydrogen-bond acceptors (Lipinski definition) is 1. The molecule has 0 unspecified atom stereocenters. The van der Waals surface area contributed by atoms with E-state index in [-0.39, 0.29) is 5.15 Å². The van der Waals surface area contributed by atoms with Crippen LogP contribution >= 0.6 is 11.6 Å². The minimum Gasteiger partial charge on any atom is -0.241 e. The van der Waals surface area contributed by atoms with Crippen LogP contribution in [0.15, 0.2) is 6.07 Å². The van der Waals surface area contributed by atoms with Crippen LogP contribution in [0.2, 0.25) is 5.15 Å². The van der Waals surface area contributed by atoms with Crippen molar-refractivity contribution in [3.05, 3.63) is 17.2 Å². The Kier molecular flexibility index (Phi) is 1.21. The van der Waals surface area contributed by atoms with Gasteiger partial charge in [-0.2, -0.15) is 9.49 Å². The van der Waals surface area contributed by atoms with Gasteiger partial charge in [0.15, 0.2) is 5.15 Å². The summed E-state index contributed by atoms with van der Waals surface area (Å²) in [7, 11) is 1.49. The van der Waals surface area contributed by atoms with Crippen molar-refractivity contribution in [1.29, 1.82) is 0 Å². The van der Waals surface area contributed by atoms with E-state index in [0.29, 0.717) is 0 Å². The van der Waals surface area contributed by atoms with Gasteiger partial charge in [-0.05, 0) is 0 Å². The van der Waals surface area contributed by atoms with Gasteiger partial charge in [0.1, 0.15) is 0 Å². The SMILES string of the molecule is Cn1nc(Cl)cc1F. The molecular formula is C4H4ClFN2. The van der Waals surface area contributed by atoms with Crippen LogP contribution < -0.4 is 0 Å². The molecule has 0 aliphatic heterocycles. The van der Waals surface area contributed by atoms with E-state index in [1.54, 1.807) is 0 Å². The molecule has 0 fully saturated rings. The van der Waals surface area contributed by atoms with Gasteiger partial charge >= 0.3 is 0 Å². The maximum atomic E-state index is 12.2. The first-order valence-electron chi connectivity index (χ1n) is 2.05. The Hall–Kier alpha value is -0.570. The summed E-state index contributed by atoms with van der Waals surface area (Å²) in [5.74, 6) is -0.421. The Balaban J connectivity index is 3.14. The molecule has 4 heteroatoms. The Bertz CT molecular complexity index is 176. The molecule has 0 aliphatic carbocycles. The smallest absolute Gasteiger partial charge is 0.212 e. The van der Waals surface area contributed by atoms with Gasteiger partial charge in [0, 0.05) is 13.1 Å². The molecule has 44 valence electrons. The van der Waals surface area contributed by atoms with Gasteiger partial charge in [0.2, 0.25) is 5.95 Å². The maximum Gasteiger partial charge on any atom is 0.212 e. The van der Waals surface area contributed by atoms with Crippen molar-refractivity contribution in [3.63, 3.8) is 0 Å². The molecule has 1 rings (SSSR count). The van der Waals surface area contributed by atoms with Crippen molar-refractivity contribution in [2.45, 2.75) is 0 Å². The summed E-state index contributed by atoms with van der Waals surface area (Å²) >= 11 is 5.29. The third-order valence-electron chi connectivity index (χ3n) is 0.793. The minimum absolute atomic E-state index is 0.185. The number of nitrogens with zero attached hydrogens (tertiary/aromatic N) is 2. The van der Waals surface area contributed by atoms with Gasteiger partial charge in [0.25, 0.3) is 0 Å². The summed E-state index contributed by atoms with van der Waals surface area (Å²) in [6.45, 7) is 0. The van der Waals surface area contributed by atoms with Crippen molar-refractivity contribution in [1.82, 2.24) is 9.78 Å². The van der Waals surface area contributed by atoms with Crippen LogP contribution in [0, 0.1) is 5.95 Å². The van der Waals surface area contributed by atoms with Crippen molar-refractivity contribution >= 4 is 11.6 Å². The van der Waals surface area contributed by atoms with Crippen LogP contribution in [0.5, 0.6) is 0 Å². The molecule has 0 amide bonds. The number of aryl methyl sites for hydroxylation is 1. The second kappa shape index (κ2) is 1.74. The van der Waals surface area contributed by atoms with E-state index >= 15 is 0 Å². The van der Waals surface area contributed by atoms with Crippen LogP contribution in [-0.4, -0.2) is 9.78 Å². The van der Waals surface area contributed by atoms with Gasteiger partial charge in [0.05, 0.1) is 0 Å². The molecule has 0 aromatic carbocycles. The molecule has 2 nitrogen and oxygen atoms in total. The first-order chi connectivity index (χ1) is 3.70. The fourth-order valence-electron chi connectivity index (χ4n) is 0.412. The fraction of sp³-hybridized carbons (Fsp3) is 0.250. The van der Waals surface area contributed by atoms with Gasteiger partial charge in [-0.15, -0.1) is 0 Å². The topological polar surface area (TPSA) is 17.8 Å². The van der Waals surface area contributed by atoms with Crippen LogP contribution in [0.4, 0.5) is 4.39 Å². The predicted molar refractivity (Wildman–Crippen MR) is 28.2 cm³/mol. The highest BCUT2D eigenvalue weighted by molar-refractivity contribution is 6.29. The molecular weight excluding hydrogens is 131 g/mol. The average Bonchev–Trinajstić information content (AvgIpc) is 1.85. The van der Waals surface area contributed by atoms with Crippen LogP contribution in [-0.2, 0) is 7.05 Å². The zero-order valence-electron chi connectivity index (χ0n) is 4.23. The van der Waals surface area contributed by atoms with Crippen molar-refractivity contribution in [2.75, 3.05) is 0 Å². The molecule has 0 N–H and O–H groups in total. The van der Waals surface area contributed by atoms with Gasteiger partial charge in [-0.25, -0.2) is 4.68 Å². The van der Waals surface area contributed by atoms with Crippen molar-refractivity contribution < 1.29 is 4.39 Å². The number of aromatic nitrogens is 2. The first-order valence-corrected chi connectivity index (χ1v) is 2.43. The van der Waals surface area contributed by atoms with E-state index in [4.69, 9.17) is 11.6 Å². The lowest BCUT2D eigenvalue weighted by Gasteiger charge is -1.83. The molecule has 0 saturated heterocycles. The van der Waals surface area contributed by atoms with Gasteiger partial charge < -0.3 is 0 Å². The zero-order chi connectivity index (χ0) is 6.15. The summed E-state index contributed by atoms with van der Waals surface area (Å²) in [5.41, 5.74) is 0. The van der Waals surface area contributed by atoms with Crippen molar-refractivity contribution in [3.8, 4) is 0 Å². The molecule has 0 bridgehead atoms. The van der Waals surface area contributed by atoms with Gasteiger partial charge in [-0.3, -0.25) is 0 Å². The number of hydrogen-bond donors (Lipinski definition) is 0. The Labute approximate surface area is 50.9 Å². The minimum atomic E-state index is -0.421. The van der Waals surface area contributed by atoms with Crippen LogP contribution in [0.3, 0.4) is 0 Å². The van der Waals surface area contributed by atoms with E-state index in [1.807, 2.05) is 0 Å². The third-order valence-corrected chi connectivity index (χ3v) is 0.978. The normalized spacial score (nSPS) is 9.88. The Morgan fingerprint density at radius 1 is 1.88 bits per heavy atom. The monoisotopic (exact) mass is 134 g/mol. The lowest BCUT2D eigenvalue weighted by Crippen LogP contribution is -1.92. The first kappa shape index (κ1) is 5.56. The molecule has 1 heterocycles. The predicted octanol–water partition coefficient (Wildman–Crippen LogP) is 1.21.